The fourth-order valence-corrected chi connectivity index (χ4v) is 2.66. The molecule has 1 N–H and O–H groups in total. The minimum atomic E-state index is 0.0944. The molecule has 0 saturated heterocycles. The Morgan fingerprint density at radius 1 is 1.33 bits per heavy atom. The number of benzene rings is 1. The van der Waals surface area contributed by atoms with Crippen molar-refractivity contribution in [2.75, 3.05) is 11.4 Å². The number of aliphatic hydroxyl groups is 1. The van der Waals surface area contributed by atoms with Crippen LogP contribution in [0.2, 0.25) is 0 Å². The lowest BCUT2D eigenvalue weighted by atomic mass is 10.1. The molecular weight excluding hydrogens is 290 g/mol. The lowest BCUT2D eigenvalue weighted by Gasteiger charge is -2.32. The molecule has 1 atom stereocenters. The number of halogens is 1. The van der Waals surface area contributed by atoms with E-state index >= 15 is 0 Å². The molecule has 0 heterocycles. The van der Waals surface area contributed by atoms with Crippen molar-refractivity contribution in [1.82, 2.24) is 0 Å². The topological polar surface area (TPSA) is 23.5 Å². The fourth-order valence-electron chi connectivity index (χ4n) is 2.01. The third-order valence-corrected chi connectivity index (χ3v) is 4.01. The maximum atomic E-state index is 9.15. The summed E-state index contributed by atoms with van der Waals surface area (Å²) >= 11 is 3.63. The van der Waals surface area contributed by atoms with Gasteiger partial charge in [-0.05, 0) is 53.4 Å². The molecule has 0 saturated carbocycles. The van der Waals surface area contributed by atoms with Gasteiger partial charge < -0.3 is 10.0 Å². The summed E-state index contributed by atoms with van der Waals surface area (Å²) in [5.41, 5.74) is 2.18. The molecule has 0 aromatic heterocycles. The molecule has 2 nitrogen and oxygen atoms in total. The first-order chi connectivity index (χ1) is 8.63. The van der Waals surface area contributed by atoms with Crippen molar-refractivity contribution in [2.45, 2.75) is 52.7 Å². The molecule has 0 fully saturated rings. The SMILES string of the molecule is CCCCN(c1ccc(CO)cc1Br)C(C)CC. The number of anilines is 1. The Morgan fingerprint density at radius 2 is 2.06 bits per heavy atom. The van der Waals surface area contributed by atoms with Crippen molar-refractivity contribution >= 4 is 21.6 Å². The summed E-state index contributed by atoms with van der Waals surface area (Å²) in [6, 6.07) is 6.66. The second-order valence-electron chi connectivity index (χ2n) is 4.75. The van der Waals surface area contributed by atoms with Crippen LogP contribution in [0.5, 0.6) is 0 Å². The summed E-state index contributed by atoms with van der Waals surface area (Å²) in [6.07, 6.45) is 3.55. The van der Waals surface area contributed by atoms with E-state index in [0.29, 0.717) is 6.04 Å². The molecule has 0 amide bonds. The van der Waals surface area contributed by atoms with E-state index in [1.54, 1.807) is 0 Å². The van der Waals surface area contributed by atoms with Gasteiger partial charge in [0.05, 0.1) is 12.3 Å². The van der Waals surface area contributed by atoms with Gasteiger partial charge in [0.25, 0.3) is 0 Å². The van der Waals surface area contributed by atoms with E-state index in [1.165, 1.54) is 18.5 Å². The van der Waals surface area contributed by atoms with Crippen molar-refractivity contribution in [1.29, 1.82) is 0 Å². The summed E-state index contributed by atoms with van der Waals surface area (Å²) < 4.78 is 1.07. The summed E-state index contributed by atoms with van der Waals surface area (Å²) in [4.78, 5) is 2.45. The number of aliphatic hydroxyl groups excluding tert-OH is 1. The molecule has 3 heteroatoms. The molecule has 0 bridgehead atoms. The van der Waals surface area contributed by atoms with E-state index in [9.17, 15) is 0 Å². The second kappa shape index (κ2) is 7.80. The highest BCUT2D eigenvalue weighted by molar-refractivity contribution is 9.10. The standard InChI is InChI=1S/C15H24BrNO/c1-4-6-9-17(12(3)5-2)15-8-7-13(11-18)10-14(15)16/h7-8,10,12,18H,4-6,9,11H2,1-3H3. The monoisotopic (exact) mass is 313 g/mol. The van der Waals surface area contributed by atoms with Gasteiger partial charge in [-0.3, -0.25) is 0 Å². The Kier molecular flexibility index (Phi) is 6.72. The first-order valence-corrected chi connectivity index (χ1v) is 7.59. The highest BCUT2D eigenvalue weighted by atomic mass is 79.9. The van der Waals surface area contributed by atoms with Crippen molar-refractivity contribution in [3.63, 3.8) is 0 Å². The average Bonchev–Trinajstić information content (AvgIpc) is 2.39. The number of unbranched alkanes of at least 4 members (excludes halogenated alkanes) is 1. The van der Waals surface area contributed by atoms with Crippen LogP contribution in [0.3, 0.4) is 0 Å². The Balaban J connectivity index is 2.96. The predicted molar refractivity (Wildman–Crippen MR) is 82.1 cm³/mol. The van der Waals surface area contributed by atoms with Crippen LogP contribution in [0.4, 0.5) is 5.69 Å². The lowest BCUT2D eigenvalue weighted by molar-refractivity contribution is 0.282. The van der Waals surface area contributed by atoms with Gasteiger partial charge in [0.15, 0.2) is 0 Å². The normalized spacial score (nSPS) is 12.5. The number of nitrogens with zero attached hydrogens (tertiary/aromatic N) is 1. The Bertz CT molecular complexity index is 368. The molecule has 1 aromatic rings. The Labute approximate surface area is 119 Å². The molecule has 18 heavy (non-hydrogen) atoms. The highest BCUT2D eigenvalue weighted by Gasteiger charge is 2.15. The van der Waals surface area contributed by atoms with E-state index < -0.39 is 0 Å². The van der Waals surface area contributed by atoms with E-state index in [0.717, 1.165) is 23.0 Å². The van der Waals surface area contributed by atoms with Crippen LogP contribution in [0.25, 0.3) is 0 Å². The lowest BCUT2D eigenvalue weighted by Crippen LogP contribution is -2.33. The van der Waals surface area contributed by atoms with Crippen LogP contribution in [-0.4, -0.2) is 17.7 Å². The van der Waals surface area contributed by atoms with Crippen LogP contribution >= 0.6 is 15.9 Å². The molecular formula is C15H24BrNO. The molecule has 0 aliphatic rings. The van der Waals surface area contributed by atoms with Gasteiger partial charge in [-0.2, -0.15) is 0 Å². The molecule has 1 aromatic carbocycles. The third kappa shape index (κ3) is 3.99. The van der Waals surface area contributed by atoms with Crippen LogP contribution in [-0.2, 0) is 6.61 Å². The number of rotatable bonds is 7. The summed E-state index contributed by atoms with van der Waals surface area (Å²) in [5, 5.41) is 9.15. The minimum absolute atomic E-state index is 0.0944. The number of hydrogen-bond donors (Lipinski definition) is 1. The summed E-state index contributed by atoms with van der Waals surface area (Å²) in [7, 11) is 0. The quantitative estimate of drug-likeness (QED) is 0.809. The molecule has 0 spiro atoms. The van der Waals surface area contributed by atoms with Crippen molar-refractivity contribution in [2.24, 2.45) is 0 Å². The van der Waals surface area contributed by atoms with E-state index in [4.69, 9.17) is 5.11 Å². The fraction of sp³-hybridized carbons (Fsp3) is 0.600. The van der Waals surface area contributed by atoms with Gasteiger partial charge in [-0.1, -0.05) is 26.3 Å². The molecule has 0 radical (unpaired) electrons. The van der Waals surface area contributed by atoms with Gasteiger partial charge in [-0.15, -0.1) is 0 Å². The third-order valence-electron chi connectivity index (χ3n) is 3.38. The smallest absolute Gasteiger partial charge is 0.0682 e. The van der Waals surface area contributed by atoms with Crippen molar-refractivity contribution in [3.05, 3.63) is 28.2 Å². The van der Waals surface area contributed by atoms with E-state index in [2.05, 4.69) is 47.7 Å². The maximum absolute atomic E-state index is 9.15. The van der Waals surface area contributed by atoms with Gasteiger partial charge in [0.1, 0.15) is 0 Å². The summed E-state index contributed by atoms with van der Waals surface area (Å²) in [5.74, 6) is 0. The zero-order valence-electron chi connectivity index (χ0n) is 11.6. The average molecular weight is 314 g/mol. The Morgan fingerprint density at radius 3 is 2.56 bits per heavy atom. The highest BCUT2D eigenvalue weighted by Crippen LogP contribution is 2.29. The van der Waals surface area contributed by atoms with Crippen LogP contribution in [0.1, 0.15) is 45.6 Å². The molecule has 0 aliphatic carbocycles. The van der Waals surface area contributed by atoms with Crippen LogP contribution < -0.4 is 4.90 Å². The molecule has 1 rings (SSSR count). The molecule has 1 unspecified atom stereocenters. The van der Waals surface area contributed by atoms with Crippen LogP contribution in [0.15, 0.2) is 22.7 Å². The van der Waals surface area contributed by atoms with Gasteiger partial charge in [0.2, 0.25) is 0 Å². The zero-order chi connectivity index (χ0) is 13.5. The van der Waals surface area contributed by atoms with Gasteiger partial charge in [0, 0.05) is 17.1 Å². The largest absolute Gasteiger partial charge is 0.392 e. The molecule has 102 valence electrons. The first kappa shape index (κ1) is 15.5. The van der Waals surface area contributed by atoms with Crippen LogP contribution in [0, 0.1) is 0 Å². The van der Waals surface area contributed by atoms with Gasteiger partial charge in [-0.25, -0.2) is 0 Å². The minimum Gasteiger partial charge on any atom is -0.392 e. The predicted octanol–water partition coefficient (Wildman–Crippen LogP) is 4.35. The number of hydrogen-bond acceptors (Lipinski definition) is 2. The van der Waals surface area contributed by atoms with E-state index in [-0.39, 0.29) is 6.61 Å². The Hall–Kier alpha value is -0.540. The summed E-state index contributed by atoms with van der Waals surface area (Å²) in [6.45, 7) is 7.89. The van der Waals surface area contributed by atoms with Gasteiger partial charge >= 0.3 is 0 Å². The van der Waals surface area contributed by atoms with Crippen molar-refractivity contribution in [3.8, 4) is 0 Å². The maximum Gasteiger partial charge on any atom is 0.0682 e. The van der Waals surface area contributed by atoms with Crippen molar-refractivity contribution < 1.29 is 5.11 Å². The second-order valence-corrected chi connectivity index (χ2v) is 5.60. The first-order valence-electron chi connectivity index (χ1n) is 6.79. The van der Waals surface area contributed by atoms with E-state index in [1.807, 2.05) is 12.1 Å². The zero-order valence-corrected chi connectivity index (χ0v) is 13.2. The molecule has 0 aliphatic heterocycles.